The minimum absolute atomic E-state index is 0.202. The first-order chi connectivity index (χ1) is 11.2. The second kappa shape index (κ2) is 8.44. The number of aliphatic hydroxyl groups excluding tert-OH is 1. The van der Waals surface area contributed by atoms with Gasteiger partial charge in [-0.15, -0.1) is 0 Å². The van der Waals surface area contributed by atoms with Crippen LogP contribution in [0.5, 0.6) is 0 Å². The summed E-state index contributed by atoms with van der Waals surface area (Å²) >= 11 is 0. The molecule has 0 bridgehead atoms. The van der Waals surface area contributed by atoms with Crippen LogP contribution in [0.25, 0.3) is 0 Å². The van der Waals surface area contributed by atoms with Crippen LogP contribution in [0, 0.1) is 11.3 Å². The van der Waals surface area contributed by atoms with E-state index in [2.05, 4.69) is 6.07 Å². The summed E-state index contributed by atoms with van der Waals surface area (Å²) in [7, 11) is 3.13. The number of rotatable bonds is 7. The zero-order chi connectivity index (χ0) is 16.7. The van der Waals surface area contributed by atoms with Gasteiger partial charge in [0.25, 0.3) is 0 Å². The van der Waals surface area contributed by atoms with Crippen molar-refractivity contribution in [1.82, 2.24) is 0 Å². The van der Waals surface area contributed by atoms with Crippen LogP contribution in [0.3, 0.4) is 0 Å². The van der Waals surface area contributed by atoms with Crippen LogP contribution in [0.15, 0.2) is 54.6 Å². The minimum Gasteiger partial charge on any atom is -0.388 e. The third-order valence-electron chi connectivity index (χ3n) is 3.91. The fourth-order valence-electron chi connectivity index (χ4n) is 2.79. The maximum Gasteiger partial charge on any atom is 0.183 e. The number of nitriles is 1. The number of methoxy groups -OCH3 is 2. The molecule has 2 aromatic carbocycles. The third-order valence-corrected chi connectivity index (χ3v) is 3.91. The largest absolute Gasteiger partial charge is 0.388 e. The van der Waals surface area contributed by atoms with E-state index in [1.165, 1.54) is 0 Å². The fourth-order valence-corrected chi connectivity index (χ4v) is 2.79. The Balaban J connectivity index is 2.44. The smallest absolute Gasteiger partial charge is 0.183 e. The average Bonchev–Trinajstić information content (AvgIpc) is 2.61. The lowest BCUT2D eigenvalue weighted by atomic mass is 9.84. The number of hydrogen-bond donors (Lipinski definition) is 1. The Morgan fingerprint density at radius 1 is 0.957 bits per heavy atom. The molecule has 0 spiro atoms. The molecular formula is C19H21NO3. The number of hydrogen-bond acceptors (Lipinski definition) is 4. The zero-order valence-electron chi connectivity index (χ0n) is 13.3. The molecule has 2 rings (SSSR count). The van der Waals surface area contributed by atoms with Gasteiger partial charge in [-0.05, 0) is 11.1 Å². The molecule has 1 N–H and O–H groups in total. The Morgan fingerprint density at radius 2 is 1.52 bits per heavy atom. The second-order valence-electron chi connectivity index (χ2n) is 5.26. The molecule has 0 radical (unpaired) electrons. The Kier molecular flexibility index (Phi) is 6.30. The first kappa shape index (κ1) is 17.2. The van der Waals surface area contributed by atoms with Crippen LogP contribution in [0.4, 0.5) is 0 Å². The monoisotopic (exact) mass is 311 g/mol. The lowest BCUT2D eigenvalue weighted by molar-refractivity contribution is -0.106. The summed E-state index contributed by atoms with van der Waals surface area (Å²) in [6.45, 7) is 0. The van der Waals surface area contributed by atoms with Crippen molar-refractivity contribution in [3.8, 4) is 6.07 Å². The van der Waals surface area contributed by atoms with Crippen molar-refractivity contribution in [2.45, 2.75) is 24.7 Å². The maximum absolute atomic E-state index is 10.8. The molecule has 0 aliphatic rings. The van der Waals surface area contributed by atoms with Crippen molar-refractivity contribution >= 4 is 0 Å². The fraction of sp³-hybridized carbons (Fsp3) is 0.316. The van der Waals surface area contributed by atoms with E-state index in [9.17, 15) is 10.4 Å². The van der Waals surface area contributed by atoms with Crippen LogP contribution in [0.2, 0.25) is 0 Å². The molecule has 0 aromatic heterocycles. The molecule has 0 aliphatic carbocycles. The highest BCUT2D eigenvalue weighted by molar-refractivity contribution is 5.35. The van der Waals surface area contributed by atoms with E-state index in [0.29, 0.717) is 0 Å². The highest BCUT2D eigenvalue weighted by atomic mass is 16.7. The highest BCUT2D eigenvalue weighted by Gasteiger charge is 2.27. The zero-order valence-corrected chi connectivity index (χ0v) is 13.3. The molecule has 0 saturated heterocycles. The summed E-state index contributed by atoms with van der Waals surface area (Å²) in [5, 5.41) is 20.0. The molecule has 2 atom stereocenters. The molecule has 4 nitrogen and oxygen atoms in total. The predicted molar refractivity (Wildman–Crippen MR) is 87.6 cm³/mol. The van der Waals surface area contributed by atoms with Crippen LogP contribution < -0.4 is 0 Å². The van der Waals surface area contributed by atoms with Crippen molar-refractivity contribution in [3.05, 3.63) is 71.3 Å². The molecule has 23 heavy (non-hydrogen) atoms. The minimum atomic E-state index is -0.772. The van der Waals surface area contributed by atoms with Gasteiger partial charge in [-0.3, -0.25) is 0 Å². The summed E-state index contributed by atoms with van der Waals surface area (Å²) in [4.78, 5) is 0. The van der Waals surface area contributed by atoms with Crippen LogP contribution >= 0.6 is 0 Å². The van der Waals surface area contributed by atoms with Gasteiger partial charge in [0.2, 0.25) is 0 Å². The van der Waals surface area contributed by atoms with Gasteiger partial charge in [-0.25, -0.2) is 0 Å². The van der Waals surface area contributed by atoms with E-state index in [0.717, 1.165) is 16.7 Å². The lowest BCUT2D eigenvalue weighted by Crippen LogP contribution is -2.15. The molecule has 0 unspecified atom stereocenters. The molecule has 0 amide bonds. The van der Waals surface area contributed by atoms with E-state index in [1.807, 2.05) is 54.6 Å². The van der Waals surface area contributed by atoms with Crippen LogP contribution in [-0.4, -0.2) is 19.3 Å². The van der Waals surface area contributed by atoms with Gasteiger partial charge in [-0.2, -0.15) is 5.26 Å². The Labute approximate surface area is 136 Å². The molecule has 2 aromatic rings. The van der Waals surface area contributed by atoms with Crippen molar-refractivity contribution in [1.29, 1.82) is 5.26 Å². The first-order valence-corrected chi connectivity index (χ1v) is 7.47. The summed E-state index contributed by atoms with van der Waals surface area (Å²) in [6.07, 6.45) is -1.10. The van der Waals surface area contributed by atoms with Crippen molar-refractivity contribution < 1.29 is 14.6 Å². The summed E-state index contributed by atoms with van der Waals surface area (Å²) in [5.41, 5.74) is 2.47. The number of ether oxygens (including phenoxy) is 2. The van der Waals surface area contributed by atoms with Gasteiger partial charge in [0, 0.05) is 32.1 Å². The van der Waals surface area contributed by atoms with Gasteiger partial charge >= 0.3 is 0 Å². The average molecular weight is 311 g/mol. The van der Waals surface area contributed by atoms with Gasteiger partial charge in [0.1, 0.15) is 0 Å². The van der Waals surface area contributed by atoms with E-state index in [-0.39, 0.29) is 12.3 Å². The molecule has 4 heteroatoms. The first-order valence-electron chi connectivity index (χ1n) is 7.47. The lowest BCUT2D eigenvalue weighted by Gasteiger charge is -2.26. The molecule has 120 valence electrons. The standard InChI is InChI=1S/C19H21NO3/c1-22-19(23-2)17-11-7-6-10-15(17)16(12-13-20)18(21)14-8-4-3-5-9-14/h3-11,16,18-19,21H,12H2,1-2H3/t16-,18-/m0/s1. The van der Waals surface area contributed by atoms with Gasteiger partial charge < -0.3 is 14.6 Å². The van der Waals surface area contributed by atoms with E-state index in [1.54, 1.807) is 14.2 Å². The van der Waals surface area contributed by atoms with E-state index >= 15 is 0 Å². The topological polar surface area (TPSA) is 62.5 Å². The Hall–Kier alpha value is -2.19. The number of aliphatic hydroxyl groups is 1. The van der Waals surface area contributed by atoms with Crippen molar-refractivity contribution in [3.63, 3.8) is 0 Å². The second-order valence-corrected chi connectivity index (χ2v) is 5.26. The van der Waals surface area contributed by atoms with Crippen molar-refractivity contribution in [2.75, 3.05) is 14.2 Å². The third kappa shape index (κ3) is 3.96. The van der Waals surface area contributed by atoms with Crippen LogP contribution in [-0.2, 0) is 9.47 Å². The normalized spacial score (nSPS) is 13.5. The van der Waals surface area contributed by atoms with Gasteiger partial charge in [0.15, 0.2) is 6.29 Å². The molecule has 0 fully saturated rings. The molecule has 0 aliphatic heterocycles. The number of nitrogens with zero attached hydrogens (tertiary/aromatic N) is 1. The van der Waals surface area contributed by atoms with E-state index < -0.39 is 12.4 Å². The predicted octanol–water partition coefficient (Wildman–Crippen LogP) is 3.71. The van der Waals surface area contributed by atoms with Crippen LogP contribution in [0.1, 0.15) is 41.4 Å². The van der Waals surface area contributed by atoms with Gasteiger partial charge in [0.05, 0.1) is 12.2 Å². The molecule has 0 heterocycles. The molecule has 0 saturated carbocycles. The SMILES string of the molecule is COC(OC)c1ccccc1[C@H](CC#N)[C@@H](O)c1ccccc1. The quantitative estimate of drug-likeness (QED) is 0.792. The molecular weight excluding hydrogens is 290 g/mol. The van der Waals surface area contributed by atoms with E-state index in [4.69, 9.17) is 9.47 Å². The Morgan fingerprint density at radius 3 is 2.09 bits per heavy atom. The highest BCUT2D eigenvalue weighted by Crippen LogP contribution is 2.37. The van der Waals surface area contributed by atoms with Gasteiger partial charge in [-0.1, -0.05) is 54.6 Å². The Bertz CT molecular complexity index is 647. The summed E-state index contributed by atoms with van der Waals surface area (Å²) < 4.78 is 10.7. The maximum atomic E-state index is 10.8. The van der Waals surface area contributed by atoms with Crippen molar-refractivity contribution in [2.24, 2.45) is 0 Å². The summed E-state index contributed by atoms with van der Waals surface area (Å²) in [5.74, 6) is -0.355. The number of benzene rings is 2. The summed E-state index contributed by atoms with van der Waals surface area (Å²) in [6, 6.07) is 19.1.